The van der Waals surface area contributed by atoms with Crippen LogP contribution in [0.3, 0.4) is 0 Å². The molecule has 6 nitrogen and oxygen atoms in total. The zero-order chi connectivity index (χ0) is 19.2. The van der Waals surface area contributed by atoms with E-state index in [-0.39, 0.29) is 18.4 Å². The van der Waals surface area contributed by atoms with Crippen molar-refractivity contribution in [3.8, 4) is 11.5 Å². The largest absolute Gasteiger partial charge is 0.493 e. The van der Waals surface area contributed by atoms with Crippen molar-refractivity contribution in [3.63, 3.8) is 0 Å². The van der Waals surface area contributed by atoms with Crippen molar-refractivity contribution < 1.29 is 14.3 Å². The fourth-order valence-corrected chi connectivity index (χ4v) is 2.99. The second kappa shape index (κ2) is 8.40. The predicted molar refractivity (Wildman–Crippen MR) is 103 cm³/mol. The average Bonchev–Trinajstić information content (AvgIpc) is 3.12. The smallest absolute Gasteiger partial charge is 0.225 e. The van der Waals surface area contributed by atoms with Crippen molar-refractivity contribution in [1.82, 2.24) is 14.9 Å². The van der Waals surface area contributed by atoms with Crippen LogP contribution >= 0.6 is 0 Å². The van der Waals surface area contributed by atoms with Crippen molar-refractivity contribution in [2.45, 2.75) is 12.5 Å². The maximum absolute atomic E-state index is 12.7. The molecule has 0 spiro atoms. The minimum Gasteiger partial charge on any atom is -0.493 e. The Morgan fingerprint density at radius 2 is 1.85 bits per heavy atom. The molecular weight excluding hydrogens is 342 g/mol. The summed E-state index contributed by atoms with van der Waals surface area (Å²) in [5.74, 6) is 1.92. The zero-order valence-corrected chi connectivity index (χ0v) is 15.7. The van der Waals surface area contributed by atoms with Crippen molar-refractivity contribution in [2.75, 3.05) is 14.2 Å². The van der Waals surface area contributed by atoms with Gasteiger partial charge >= 0.3 is 0 Å². The summed E-state index contributed by atoms with van der Waals surface area (Å²) in [6.07, 6.45) is 3.83. The molecule has 1 aromatic heterocycles. The molecule has 0 saturated heterocycles. The van der Waals surface area contributed by atoms with Crippen LogP contribution in [-0.2, 0) is 18.3 Å². The molecule has 0 unspecified atom stereocenters. The number of imidazole rings is 1. The molecule has 0 aliphatic rings. The fraction of sp³-hybridized carbons (Fsp3) is 0.238. The zero-order valence-electron chi connectivity index (χ0n) is 15.7. The molecule has 0 bridgehead atoms. The molecule has 0 saturated carbocycles. The Kier molecular flexibility index (Phi) is 5.76. The number of rotatable bonds is 7. The summed E-state index contributed by atoms with van der Waals surface area (Å²) in [7, 11) is 5.08. The van der Waals surface area contributed by atoms with Gasteiger partial charge in [0.15, 0.2) is 11.5 Å². The maximum atomic E-state index is 12.7. The van der Waals surface area contributed by atoms with Gasteiger partial charge in [-0.05, 0) is 23.3 Å². The maximum Gasteiger partial charge on any atom is 0.225 e. The number of carbonyl (C=O) groups is 1. The van der Waals surface area contributed by atoms with E-state index in [9.17, 15) is 4.79 Å². The SMILES string of the molecule is COc1ccc(CC(=O)N[C@@H](c2ccccc2)c2nccn2C)cc1OC. The molecule has 1 N–H and O–H groups in total. The summed E-state index contributed by atoms with van der Waals surface area (Å²) in [6.45, 7) is 0. The van der Waals surface area contributed by atoms with Crippen LogP contribution in [-0.4, -0.2) is 29.7 Å². The van der Waals surface area contributed by atoms with E-state index in [0.29, 0.717) is 11.5 Å². The number of hydrogen-bond acceptors (Lipinski definition) is 4. The second-order valence-electron chi connectivity index (χ2n) is 6.17. The van der Waals surface area contributed by atoms with Crippen LogP contribution in [0.5, 0.6) is 11.5 Å². The van der Waals surface area contributed by atoms with Gasteiger partial charge < -0.3 is 19.4 Å². The van der Waals surface area contributed by atoms with Crippen LogP contribution in [0.25, 0.3) is 0 Å². The lowest BCUT2D eigenvalue weighted by Gasteiger charge is -2.19. The lowest BCUT2D eigenvalue weighted by Crippen LogP contribution is -2.32. The highest BCUT2D eigenvalue weighted by molar-refractivity contribution is 5.79. The van der Waals surface area contributed by atoms with Crippen molar-refractivity contribution >= 4 is 5.91 Å². The average molecular weight is 365 g/mol. The molecule has 0 radical (unpaired) electrons. The Hall–Kier alpha value is -3.28. The van der Waals surface area contributed by atoms with Crippen LogP contribution in [0.4, 0.5) is 0 Å². The molecule has 1 amide bonds. The van der Waals surface area contributed by atoms with Crippen LogP contribution in [0.15, 0.2) is 60.9 Å². The number of nitrogens with zero attached hydrogens (tertiary/aromatic N) is 2. The van der Waals surface area contributed by atoms with Gasteiger partial charge in [0.05, 0.1) is 20.6 Å². The molecular formula is C21H23N3O3. The molecule has 1 heterocycles. The van der Waals surface area contributed by atoms with E-state index in [4.69, 9.17) is 9.47 Å². The van der Waals surface area contributed by atoms with Crippen LogP contribution in [0.1, 0.15) is 23.0 Å². The molecule has 27 heavy (non-hydrogen) atoms. The Morgan fingerprint density at radius 1 is 1.11 bits per heavy atom. The second-order valence-corrected chi connectivity index (χ2v) is 6.17. The summed E-state index contributed by atoms with van der Waals surface area (Å²) in [5.41, 5.74) is 1.82. The quantitative estimate of drug-likeness (QED) is 0.699. The van der Waals surface area contributed by atoms with Gasteiger partial charge in [-0.25, -0.2) is 4.98 Å². The Bertz CT molecular complexity index is 906. The molecule has 6 heteroatoms. The van der Waals surface area contributed by atoms with E-state index in [2.05, 4.69) is 10.3 Å². The first-order chi connectivity index (χ1) is 13.1. The number of nitrogens with one attached hydrogen (secondary N) is 1. The van der Waals surface area contributed by atoms with Gasteiger partial charge in [0.25, 0.3) is 0 Å². The Morgan fingerprint density at radius 3 is 2.48 bits per heavy atom. The molecule has 3 aromatic rings. The number of benzene rings is 2. The number of ether oxygens (including phenoxy) is 2. The van der Waals surface area contributed by atoms with E-state index >= 15 is 0 Å². The predicted octanol–water partition coefficient (Wildman–Crippen LogP) is 2.89. The highest BCUT2D eigenvalue weighted by Gasteiger charge is 2.20. The number of methoxy groups -OCH3 is 2. The van der Waals surface area contributed by atoms with E-state index in [1.807, 2.05) is 60.3 Å². The molecule has 3 rings (SSSR count). The van der Waals surface area contributed by atoms with Crippen molar-refractivity contribution in [1.29, 1.82) is 0 Å². The van der Waals surface area contributed by atoms with Gasteiger partial charge in [-0.15, -0.1) is 0 Å². The normalized spacial score (nSPS) is 11.7. The first-order valence-electron chi connectivity index (χ1n) is 8.64. The van der Waals surface area contributed by atoms with Crippen molar-refractivity contribution in [3.05, 3.63) is 77.9 Å². The Labute approximate surface area is 158 Å². The fourth-order valence-electron chi connectivity index (χ4n) is 2.99. The van der Waals surface area contributed by atoms with Crippen LogP contribution in [0.2, 0.25) is 0 Å². The van der Waals surface area contributed by atoms with Gasteiger partial charge in [0, 0.05) is 19.4 Å². The minimum absolute atomic E-state index is 0.0981. The van der Waals surface area contributed by atoms with Gasteiger partial charge in [-0.1, -0.05) is 36.4 Å². The van der Waals surface area contributed by atoms with E-state index in [1.54, 1.807) is 26.5 Å². The van der Waals surface area contributed by atoms with Gasteiger partial charge in [0.1, 0.15) is 11.9 Å². The van der Waals surface area contributed by atoms with Crippen LogP contribution < -0.4 is 14.8 Å². The summed E-state index contributed by atoms with van der Waals surface area (Å²) >= 11 is 0. The molecule has 2 aromatic carbocycles. The lowest BCUT2D eigenvalue weighted by atomic mass is 10.0. The standard InChI is InChI=1S/C21H23N3O3/c1-24-12-11-22-21(24)20(16-7-5-4-6-8-16)23-19(25)14-15-9-10-17(26-2)18(13-15)27-3/h4-13,20H,14H2,1-3H3,(H,23,25)/t20-/m0/s1. The number of hydrogen-bond donors (Lipinski definition) is 1. The van der Waals surface area contributed by atoms with Crippen molar-refractivity contribution in [2.24, 2.45) is 7.05 Å². The first kappa shape index (κ1) is 18.5. The Balaban J connectivity index is 1.80. The number of aryl methyl sites for hydroxylation is 1. The molecule has 1 atom stereocenters. The molecule has 0 fully saturated rings. The van der Waals surface area contributed by atoms with Gasteiger partial charge in [-0.2, -0.15) is 0 Å². The summed E-state index contributed by atoms with van der Waals surface area (Å²) in [6, 6.07) is 15.0. The highest BCUT2D eigenvalue weighted by Crippen LogP contribution is 2.28. The van der Waals surface area contributed by atoms with Gasteiger partial charge in [0.2, 0.25) is 5.91 Å². The molecule has 140 valence electrons. The number of aromatic nitrogens is 2. The number of carbonyl (C=O) groups excluding carboxylic acids is 1. The summed E-state index contributed by atoms with van der Waals surface area (Å²) in [5, 5.41) is 3.10. The third-order valence-corrected chi connectivity index (χ3v) is 4.37. The van der Waals surface area contributed by atoms with E-state index in [1.165, 1.54) is 0 Å². The lowest BCUT2D eigenvalue weighted by molar-refractivity contribution is -0.121. The molecule has 0 aliphatic heterocycles. The summed E-state index contributed by atoms with van der Waals surface area (Å²) < 4.78 is 12.5. The minimum atomic E-state index is -0.321. The van der Waals surface area contributed by atoms with Crippen LogP contribution in [0, 0.1) is 0 Å². The summed E-state index contributed by atoms with van der Waals surface area (Å²) in [4.78, 5) is 17.2. The van der Waals surface area contributed by atoms with E-state index < -0.39 is 0 Å². The third-order valence-electron chi connectivity index (χ3n) is 4.37. The monoisotopic (exact) mass is 365 g/mol. The highest BCUT2D eigenvalue weighted by atomic mass is 16.5. The number of amides is 1. The van der Waals surface area contributed by atoms with E-state index in [0.717, 1.165) is 17.0 Å². The molecule has 0 aliphatic carbocycles. The third kappa shape index (κ3) is 4.28. The first-order valence-corrected chi connectivity index (χ1v) is 8.64. The van der Waals surface area contributed by atoms with Gasteiger partial charge in [-0.3, -0.25) is 4.79 Å². The topological polar surface area (TPSA) is 65.4 Å².